The Morgan fingerprint density at radius 1 is 1.40 bits per heavy atom. The third kappa shape index (κ3) is 4.43. The highest BCUT2D eigenvalue weighted by atomic mass is 32.1. The third-order valence-corrected chi connectivity index (χ3v) is 4.86. The number of aromatic nitrogens is 1. The Morgan fingerprint density at radius 2 is 2.20 bits per heavy atom. The molecular weight excluding hydrogens is 270 g/mol. The van der Waals surface area contributed by atoms with Gasteiger partial charge in [0, 0.05) is 38.2 Å². The van der Waals surface area contributed by atoms with Gasteiger partial charge in [-0.05, 0) is 19.8 Å². The van der Waals surface area contributed by atoms with Gasteiger partial charge in [0.2, 0.25) is 0 Å². The minimum absolute atomic E-state index is 0.703. The fourth-order valence-electron chi connectivity index (χ4n) is 2.84. The lowest BCUT2D eigenvalue weighted by Crippen LogP contribution is -2.36. The van der Waals surface area contributed by atoms with Crippen LogP contribution >= 0.6 is 11.3 Å². The maximum Gasteiger partial charge on any atom is 0.185 e. The van der Waals surface area contributed by atoms with E-state index in [9.17, 15) is 0 Å². The molecule has 114 valence electrons. The van der Waals surface area contributed by atoms with Crippen molar-refractivity contribution in [2.24, 2.45) is 0 Å². The van der Waals surface area contributed by atoms with Crippen LogP contribution in [0.2, 0.25) is 0 Å². The van der Waals surface area contributed by atoms with Gasteiger partial charge in [0.25, 0.3) is 0 Å². The van der Waals surface area contributed by atoms with Crippen molar-refractivity contribution < 1.29 is 4.74 Å². The standard InChI is InChI=1S/C15H27N3OS/c1-3-18(14-7-5-4-6-8-14)15-17-13(12-20-15)11-16-9-10-19-2/h12,14,16H,3-11H2,1-2H3. The number of nitrogens with zero attached hydrogens (tertiary/aromatic N) is 2. The molecule has 0 unspecified atom stereocenters. The summed E-state index contributed by atoms with van der Waals surface area (Å²) >= 11 is 1.78. The molecule has 1 aliphatic rings. The molecule has 1 saturated carbocycles. The van der Waals surface area contributed by atoms with Gasteiger partial charge in [-0.2, -0.15) is 0 Å². The van der Waals surface area contributed by atoms with Crippen molar-refractivity contribution in [3.8, 4) is 0 Å². The number of thiazole rings is 1. The van der Waals surface area contributed by atoms with E-state index in [1.165, 1.54) is 37.2 Å². The summed E-state index contributed by atoms with van der Waals surface area (Å²) in [5.41, 5.74) is 1.15. The van der Waals surface area contributed by atoms with Crippen LogP contribution in [0.3, 0.4) is 0 Å². The van der Waals surface area contributed by atoms with E-state index in [1.54, 1.807) is 18.4 Å². The highest BCUT2D eigenvalue weighted by Gasteiger charge is 2.22. The normalized spacial score (nSPS) is 16.5. The SMILES string of the molecule is CCN(c1nc(CNCCOC)cs1)C1CCCCC1. The average molecular weight is 297 g/mol. The second kappa shape index (κ2) is 8.60. The summed E-state index contributed by atoms with van der Waals surface area (Å²) in [5.74, 6) is 0. The minimum Gasteiger partial charge on any atom is -0.383 e. The molecule has 0 saturated heterocycles. The first-order valence-corrected chi connectivity index (χ1v) is 8.63. The third-order valence-electron chi connectivity index (χ3n) is 3.93. The van der Waals surface area contributed by atoms with E-state index in [4.69, 9.17) is 9.72 Å². The van der Waals surface area contributed by atoms with Gasteiger partial charge in [0.15, 0.2) is 5.13 Å². The molecule has 0 atom stereocenters. The lowest BCUT2D eigenvalue weighted by molar-refractivity contribution is 0.199. The van der Waals surface area contributed by atoms with Gasteiger partial charge < -0.3 is 15.0 Å². The smallest absolute Gasteiger partial charge is 0.185 e. The second-order valence-electron chi connectivity index (χ2n) is 5.37. The zero-order valence-electron chi connectivity index (χ0n) is 12.7. The molecule has 0 bridgehead atoms. The molecule has 1 N–H and O–H groups in total. The van der Waals surface area contributed by atoms with Gasteiger partial charge in [-0.1, -0.05) is 19.3 Å². The Hall–Kier alpha value is -0.650. The molecule has 1 aromatic heterocycles. The molecule has 1 heterocycles. The van der Waals surface area contributed by atoms with E-state index in [0.717, 1.165) is 31.9 Å². The maximum absolute atomic E-state index is 5.03. The molecule has 0 amide bonds. The molecule has 1 aliphatic carbocycles. The number of hydrogen-bond donors (Lipinski definition) is 1. The van der Waals surface area contributed by atoms with Gasteiger partial charge in [0.05, 0.1) is 12.3 Å². The lowest BCUT2D eigenvalue weighted by Gasteiger charge is -2.33. The molecule has 1 fully saturated rings. The van der Waals surface area contributed by atoms with E-state index < -0.39 is 0 Å². The molecule has 5 heteroatoms. The summed E-state index contributed by atoms with van der Waals surface area (Å²) in [6.07, 6.45) is 6.81. The first-order valence-electron chi connectivity index (χ1n) is 7.75. The fourth-order valence-corrected chi connectivity index (χ4v) is 3.80. The van der Waals surface area contributed by atoms with Crippen LogP contribution in [-0.4, -0.2) is 37.8 Å². The summed E-state index contributed by atoms with van der Waals surface area (Å²) in [7, 11) is 1.73. The van der Waals surface area contributed by atoms with Crippen LogP contribution in [0.5, 0.6) is 0 Å². The van der Waals surface area contributed by atoms with Gasteiger partial charge in [-0.15, -0.1) is 11.3 Å². The summed E-state index contributed by atoms with van der Waals surface area (Å²) < 4.78 is 5.03. The van der Waals surface area contributed by atoms with Gasteiger partial charge in [0.1, 0.15) is 0 Å². The Labute approximate surface area is 126 Å². The number of hydrogen-bond acceptors (Lipinski definition) is 5. The molecule has 20 heavy (non-hydrogen) atoms. The van der Waals surface area contributed by atoms with Crippen molar-refractivity contribution in [2.75, 3.05) is 31.7 Å². The molecular formula is C15H27N3OS. The molecule has 0 aromatic carbocycles. The largest absolute Gasteiger partial charge is 0.383 e. The first-order chi connectivity index (χ1) is 9.85. The van der Waals surface area contributed by atoms with E-state index in [0.29, 0.717) is 6.04 Å². The van der Waals surface area contributed by atoms with Crippen molar-refractivity contribution in [1.82, 2.24) is 10.3 Å². The van der Waals surface area contributed by atoms with Gasteiger partial charge in [-0.3, -0.25) is 0 Å². The van der Waals surface area contributed by atoms with Crippen molar-refractivity contribution in [2.45, 2.75) is 51.6 Å². The van der Waals surface area contributed by atoms with Crippen LogP contribution in [0.1, 0.15) is 44.7 Å². The van der Waals surface area contributed by atoms with Crippen molar-refractivity contribution in [3.63, 3.8) is 0 Å². The zero-order valence-corrected chi connectivity index (χ0v) is 13.5. The van der Waals surface area contributed by atoms with Crippen LogP contribution < -0.4 is 10.2 Å². The molecule has 0 aliphatic heterocycles. The predicted molar refractivity (Wildman–Crippen MR) is 85.6 cm³/mol. The average Bonchev–Trinajstić information content (AvgIpc) is 2.94. The highest BCUT2D eigenvalue weighted by molar-refractivity contribution is 7.13. The first kappa shape index (κ1) is 15.7. The number of anilines is 1. The summed E-state index contributed by atoms with van der Waals surface area (Å²) in [6, 6.07) is 0.703. The summed E-state index contributed by atoms with van der Waals surface area (Å²) in [5, 5.41) is 6.73. The highest BCUT2D eigenvalue weighted by Crippen LogP contribution is 2.29. The quantitative estimate of drug-likeness (QED) is 0.748. The van der Waals surface area contributed by atoms with Crippen LogP contribution in [0, 0.1) is 0 Å². The van der Waals surface area contributed by atoms with Gasteiger partial charge >= 0.3 is 0 Å². The second-order valence-corrected chi connectivity index (χ2v) is 6.21. The van der Waals surface area contributed by atoms with Crippen molar-refractivity contribution >= 4 is 16.5 Å². The maximum atomic E-state index is 5.03. The fraction of sp³-hybridized carbons (Fsp3) is 0.800. The van der Waals surface area contributed by atoms with Crippen molar-refractivity contribution in [1.29, 1.82) is 0 Å². The van der Waals surface area contributed by atoms with Crippen LogP contribution in [0.25, 0.3) is 0 Å². The molecule has 0 radical (unpaired) electrons. The summed E-state index contributed by atoms with van der Waals surface area (Å²) in [6.45, 7) is 5.77. The monoisotopic (exact) mass is 297 g/mol. The van der Waals surface area contributed by atoms with Crippen LogP contribution in [0.4, 0.5) is 5.13 Å². The number of rotatable bonds is 8. The Kier molecular flexibility index (Phi) is 6.76. The van der Waals surface area contributed by atoms with E-state index in [2.05, 4.69) is 22.5 Å². The van der Waals surface area contributed by atoms with E-state index >= 15 is 0 Å². The van der Waals surface area contributed by atoms with Gasteiger partial charge in [-0.25, -0.2) is 4.98 Å². The van der Waals surface area contributed by atoms with Crippen LogP contribution in [-0.2, 0) is 11.3 Å². The Balaban J connectivity index is 1.88. The minimum atomic E-state index is 0.703. The van der Waals surface area contributed by atoms with Crippen LogP contribution in [0.15, 0.2) is 5.38 Å². The topological polar surface area (TPSA) is 37.4 Å². The Morgan fingerprint density at radius 3 is 2.90 bits per heavy atom. The summed E-state index contributed by atoms with van der Waals surface area (Å²) in [4.78, 5) is 7.30. The van der Waals surface area contributed by atoms with E-state index in [-0.39, 0.29) is 0 Å². The molecule has 2 rings (SSSR count). The number of ether oxygens (including phenoxy) is 1. The number of methoxy groups -OCH3 is 1. The predicted octanol–water partition coefficient (Wildman–Crippen LogP) is 3.04. The van der Waals surface area contributed by atoms with E-state index in [1.807, 2.05) is 0 Å². The molecule has 0 spiro atoms. The lowest BCUT2D eigenvalue weighted by atomic mass is 9.94. The molecule has 4 nitrogen and oxygen atoms in total. The molecule has 1 aromatic rings. The number of nitrogens with one attached hydrogen (secondary N) is 1. The van der Waals surface area contributed by atoms with Crippen molar-refractivity contribution in [3.05, 3.63) is 11.1 Å². The zero-order chi connectivity index (χ0) is 14.2. The Bertz CT molecular complexity index is 377.